The van der Waals surface area contributed by atoms with Crippen LogP contribution in [-0.4, -0.2) is 35.6 Å². The van der Waals surface area contributed by atoms with Gasteiger partial charge in [-0.2, -0.15) is 0 Å². The monoisotopic (exact) mass is 248 g/mol. The maximum Gasteiger partial charge on any atom is 0.243 e. The summed E-state index contributed by atoms with van der Waals surface area (Å²) in [4.78, 5) is 13.8. The Balaban J connectivity index is 1.90. The Morgan fingerprint density at radius 1 is 1.44 bits per heavy atom. The predicted octanol–water partition coefficient (Wildman–Crippen LogP) is 0.916. The smallest absolute Gasteiger partial charge is 0.243 e. The van der Waals surface area contributed by atoms with E-state index in [1.54, 1.807) is 11.9 Å². The SMILES string of the molecule is CN(CC1CC(O)C1)C(=O)[C@@H](N)c1ccccc1. The molecule has 1 aliphatic rings. The zero-order chi connectivity index (χ0) is 13.1. The second-order valence-corrected chi connectivity index (χ2v) is 5.10. The number of carbonyl (C=O) groups is 1. The highest BCUT2D eigenvalue weighted by Gasteiger charge is 2.30. The molecule has 0 bridgehead atoms. The first kappa shape index (κ1) is 13.1. The minimum absolute atomic E-state index is 0.0670. The predicted molar refractivity (Wildman–Crippen MR) is 69.7 cm³/mol. The molecule has 18 heavy (non-hydrogen) atoms. The lowest BCUT2D eigenvalue weighted by atomic mass is 9.82. The number of amides is 1. The summed E-state index contributed by atoms with van der Waals surface area (Å²) in [5.74, 6) is 0.347. The van der Waals surface area contributed by atoms with Crippen LogP contribution >= 0.6 is 0 Å². The molecule has 0 heterocycles. The van der Waals surface area contributed by atoms with E-state index >= 15 is 0 Å². The Morgan fingerprint density at radius 2 is 2.06 bits per heavy atom. The van der Waals surface area contributed by atoms with Gasteiger partial charge in [-0.1, -0.05) is 30.3 Å². The van der Waals surface area contributed by atoms with Crippen molar-refractivity contribution in [1.82, 2.24) is 4.90 Å². The zero-order valence-corrected chi connectivity index (χ0v) is 10.6. The normalized spacial score (nSPS) is 24.2. The lowest BCUT2D eigenvalue weighted by Crippen LogP contribution is -2.42. The molecular formula is C14H20N2O2. The Morgan fingerprint density at radius 3 is 2.61 bits per heavy atom. The average Bonchev–Trinajstić information content (AvgIpc) is 2.36. The average molecular weight is 248 g/mol. The Kier molecular flexibility index (Phi) is 3.99. The molecular weight excluding hydrogens is 228 g/mol. The van der Waals surface area contributed by atoms with E-state index in [0.717, 1.165) is 18.4 Å². The second kappa shape index (κ2) is 5.50. The second-order valence-electron chi connectivity index (χ2n) is 5.10. The summed E-state index contributed by atoms with van der Waals surface area (Å²) >= 11 is 0. The third-order valence-corrected chi connectivity index (χ3v) is 3.54. The van der Waals surface area contributed by atoms with Crippen LogP contribution in [-0.2, 0) is 4.79 Å². The minimum Gasteiger partial charge on any atom is -0.393 e. The molecule has 3 N–H and O–H groups in total. The molecule has 1 saturated carbocycles. The van der Waals surface area contributed by atoms with Crippen LogP contribution in [0, 0.1) is 5.92 Å². The van der Waals surface area contributed by atoms with Gasteiger partial charge >= 0.3 is 0 Å². The van der Waals surface area contributed by atoms with Gasteiger partial charge in [-0.15, -0.1) is 0 Å². The van der Waals surface area contributed by atoms with Crippen LogP contribution in [0.2, 0.25) is 0 Å². The van der Waals surface area contributed by atoms with Gasteiger partial charge in [0.25, 0.3) is 0 Å². The van der Waals surface area contributed by atoms with Gasteiger partial charge in [-0.05, 0) is 24.3 Å². The van der Waals surface area contributed by atoms with Gasteiger partial charge in [0.05, 0.1) is 6.10 Å². The molecule has 1 amide bonds. The topological polar surface area (TPSA) is 66.6 Å². The van der Waals surface area contributed by atoms with Crippen LogP contribution in [0.25, 0.3) is 0 Å². The van der Waals surface area contributed by atoms with Gasteiger partial charge in [0.2, 0.25) is 5.91 Å². The number of hydrogen-bond acceptors (Lipinski definition) is 3. The maximum atomic E-state index is 12.1. The molecule has 1 aromatic rings. The number of aliphatic hydroxyl groups is 1. The molecule has 4 heteroatoms. The number of aliphatic hydroxyl groups excluding tert-OH is 1. The van der Waals surface area contributed by atoms with E-state index in [-0.39, 0.29) is 12.0 Å². The quantitative estimate of drug-likeness (QED) is 0.832. The number of carbonyl (C=O) groups excluding carboxylic acids is 1. The molecule has 1 atom stereocenters. The van der Waals surface area contributed by atoms with Crippen molar-refractivity contribution in [2.75, 3.05) is 13.6 Å². The number of nitrogens with zero attached hydrogens (tertiary/aromatic N) is 1. The van der Waals surface area contributed by atoms with Crippen molar-refractivity contribution in [3.05, 3.63) is 35.9 Å². The van der Waals surface area contributed by atoms with Crippen molar-refractivity contribution in [3.63, 3.8) is 0 Å². The molecule has 1 aromatic carbocycles. The highest BCUT2D eigenvalue weighted by Crippen LogP contribution is 2.28. The molecule has 1 aliphatic carbocycles. The minimum atomic E-state index is -0.596. The molecule has 0 unspecified atom stereocenters. The highest BCUT2D eigenvalue weighted by atomic mass is 16.3. The molecule has 4 nitrogen and oxygen atoms in total. The van der Waals surface area contributed by atoms with Gasteiger partial charge in [0.15, 0.2) is 0 Å². The van der Waals surface area contributed by atoms with E-state index in [1.807, 2.05) is 30.3 Å². The van der Waals surface area contributed by atoms with Gasteiger partial charge in [-0.25, -0.2) is 0 Å². The van der Waals surface area contributed by atoms with Crippen molar-refractivity contribution in [3.8, 4) is 0 Å². The van der Waals surface area contributed by atoms with Crippen LogP contribution in [0.4, 0.5) is 0 Å². The molecule has 0 saturated heterocycles. The summed E-state index contributed by atoms with van der Waals surface area (Å²) in [6, 6.07) is 8.80. The maximum absolute atomic E-state index is 12.1. The van der Waals surface area contributed by atoms with Crippen LogP contribution < -0.4 is 5.73 Å². The molecule has 0 aromatic heterocycles. The van der Waals surface area contributed by atoms with E-state index in [0.29, 0.717) is 12.5 Å². The molecule has 0 radical (unpaired) electrons. The summed E-state index contributed by atoms with van der Waals surface area (Å²) in [6.07, 6.45) is 1.40. The number of hydrogen-bond donors (Lipinski definition) is 2. The summed E-state index contributed by atoms with van der Waals surface area (Å²) in [7, 11) is 1.77. The van der Waals surface area contributed by atoms with Crippen molar-refractivity contribution >= 4 is 5.91 Å². The Bertz CT molecular complexity index is 402. The zero-order valence-electron chi connectivity index (χ0n) is 10.6. The number of rotatable bonds is 4. The fourth-order valence-corrected chi connectivity index (χ4v) is 2.37. The number of benzene rings is 1. The summed E-state index contributed by atoms with van der Waals surface area (Å²) in [6.45, 7) is 0.677. The van der Waals surface area contributed by atoms with Crippen molar-refractivity contribution in [1.29, 1.82) is 0 Å². The van der Waals surface area contributed by atoms with Gasteiger partial charge in [0.1, 0.15) is 6.04 Å². The van der Waals surface area contributed by atoms with Crippen molar-refractivity contribution < 1.29 is 9.90 Å². The third-order valence-electron chi connectivity index (χ3n) is 3.54. The lowest BCUT2D eigenvalue weighted by molar-refractivity contribution is -0.133. The van der Waals surface area contributed by atoms with Gasteiger partial charge in [-0.3, -0.25) is 4.79 Å². The first-order chi connectivity index (χ1) is 8.58. The largest absolute Gasteiger partial charge is 0.393 e. The number of likely N-dealkylation sites (N-methyl/N-ethyl adjacent to an activating group) is 1. The summed E-state index contributed by atoms with van der Waals surface area (Å²) in [5, 5.41) is 9.23. The standard InChI is InChI=1S/C14H20N2O2/c1-16(9-10-7-12(17)8-10)14(18)13(15)11-5-3-2-4-6-11/h2-6,10,12-13,17H,7-9,15H2,1H3/t10?,12?,13-/m0/s1. The fraction of sp³-hybridized carbons (Fsp3) is 0.500. The van der Waals surface area contributed by atoms with Crippen LogP contribution in [0.5, 0.6) is 0 Å². The molecule has 0 spiro atoms. The third kappa shape index (κ3) is 2.89. The van der Waals surface area contributed by atoms with Crippen LogP contribution in [0.3, 0.4) is 0 Å². The van der Waals surface area contributed by atoms with E-state index in [1.165, 1.54) is 0 Å². The lowest BCUT2D eigenvalue weighted by Gasteiger charge is -2.35. The van der Waals surface area contributed by atoms with E-state index < -0.39 is 6.04 Å². The summed E-state index contributed by atoms with van der Waals surface area (Å²) < 4.78 is 0. The van der Waals surface area contributed by atoms with Gasteiger partial charge in [0, 0.05) is 13.6 Å². The van der Waals surface area contributed by atoms with E-state index in [4.69, 9.17) is 5.73 Å². The molecule has 0 aliphatic heterocycles. The Hall–Kier alpha value is -1.39. The highest BCUT2D eigenvalue weighted by molar-refractivity contribution is 5.82. The fourth-order valence-electron chi connectivity index (χ4n) is 2.37. The van der Waals surface area contributed by atoms with Crippen molar-refractivity contribution in [2.45, 2.75) is 25.0 Å². The van der Waals surface area contributed by atoms with Gasteiger partial charge < -0.3 is 15.7 Å². The molecule has 98 valence electrons. The summed E-state index contributed by atoms with van der Waals surface area (Å²) in [5.41, 5.74) is 6.80. The molecule has 1 fully saturated rings. The van der Waals surface area contributed by atoms with Crippen LogP contribution in [0.15, 0.2) is 30.3 Å². The van der Waals surface area contributed by atoms with Crippen molar-refractivity contribution in [2.24, 2.45) is 11.7 Å². The van der Waals surface area contributed by atoms with Crippen LogP contribution in [0.1, 0.15) is 24.4 Å². The number of nitrogens with two attached hydrogens (primary N) is 1. The van der Waals surface area contributed by atoms with E-state index in [9.17, 15) is 9.90 Å². The first-order valence-electron chi connectivity index (χ1n) is 6.31. The first-order valence-corrected chi connectivity index (χ1v) is 6.31. The molecule has 2 rings (SSSR count). The Labute approximate surface area is 107 Å². The van der Waals surface area contributed by atoms with E-state index in [2.05, 4.69) is 0 Å².